The van der Waals surface area contributed by atoms with Gasteiger partial charge in [-0.3, -0.25) is 0 Å². The van der Waals surface area contributed by atoms with E-state index in [1.54, 1.807) is 0 Å². The zero-order chi connectivity index (χ0) is 18.3. The number of rotatable bonds is 8. The predicted octanol–water partition coefficient (Wildman–Crippen LogP) is 5.65. The van der Waals surface area contributed by atoms with Crippen LogP contribution in [0.3, 0.4) is 0 Å². The predicted molar refractivity (Wildman–Crippen MR) is 106 cm³/mol. The molecule has 0 bridgehead atoms. The van der Waals surface area contributed by atoms with Crippen LogP contribution >= 0.6 is 0 Å². The van der Waals surface area contributed by atoms with Gasteiger partial charge in [-0.15, -0.1) is 0 Å². The zero-order valence-electron chi connectivity index (χ0n) is 16.1. The molecule has 0 amide bonds. The van der Waals surface area contributed by atoms with E-state index in [-0.39, 0.29) is 11.5 Å². The SMILES string of the molecule is CCCOc1ccc(NCC(C)Oc2ccc(C(C)(C)C)cc2)cc1. The van der Waals surface area contributed by atoms with Crippen molar-refractivity contribution in [1.29, 1.82) is 0 Å². The third-order valence-corrected chi connectivity index (χ3v) is 3.98. The molecule has 0 saturated carbocycles. The van der Waals surface area contributed by atoms with Crippen LogP contribution in [0.5, 0.6) is 11.5 Å². The summed E-state index contributed by atoms with van der Waals surface area (Å²) in [5.74, 6) is 1.82. The Morgan fingerprint density at radius 2 is 1.52 bits per heavy atom. The summed E-state index contributed by atoms with van der Waals surface area (Å²) in [7, 11) is 0. The fourth-order valence-corrected chi connectivity index (χ4v) is 2.46. The number of hydrogen-bond donors (Lipinski definition) is 1. The lowest BCUT2D eigenvalue weighted by Crippen LogP contribution is -2.22. The number of anilines is 1. The summed E-state index contributed by atoms with van der Waals surface area (Å²) in [5, 5.41) is 3.40. The molecule has 2 aromatic rings. The second-order valence-electron chi connectivity index (χ2n) is 7.46. The monoisotopic (exact) mass is 341 g/mol. The van der Waals surface area contributed by atoms with Gasteiger partial charge in [0.25, 0.3) is 0 Å². The topological polar surface area (TPSA) is 30.5 Å². The molecule has 25 heavy (non-hydrogen) atoms. The molecule has 1 unspecified atom stereocenters. The Morgan fingerprint density at radius 3 is 2.08 bits per heavy atom. The molecule has 1 N–H and O–H groups in total. The Kier molecular flexibility index (Phi) is 6.74. The summed E-state index contributed by atoms with van der Waals surface area (Å²) in [6.45, 7) is 12.3. The zero-order valence-corrected chi connectivity index (χ0v) is 16.1. The van der Waals surface area contributed by atoms with Crippen LogP contribution in [0.15, 0.2) is 48.5 Å². The van der Waals surface area contributed by atoms with Crippen molar-refractivity contribution in [3.8, 4) is 11.5 Å². The van der Waals surface area contributed by atoms with E-state index in [0.717, 1.165) is 36.8 Å². The summed E-state index contributed by atoms with van der Waals surface area (Å²) < 4.78 is 11.6. The van der Waals surface area contributed by atoms with Crippen molar-refractivity contribution < 1.29 is 9.47 Å². The van der Waals surface area contributed by atoms with Crippen molar-refractivity contribution >= 4 is 5.69 Å². The molecule has 136 valence electrons. The van der Waals surface area contributed by atoms with Gasteiger partial charge in [-0.05, 0) is 60.7 Å². The standard InChI is InChI=1S/C22H31NO2/c1-6-15-24-20-13-9-19(10-14-20)23-16-17(2)25-21-11-7-18(8-12-21)22(3,4)5/h7-14,17,23H,6,15-16H2,1-5H3. The Hall–Kier alpha value is -2.16. The highest BCUT2D eigenvalue weighted by molar-refractivity contribution is 5.46. The molecule has 0 spiro atoms. The molecule has 2 rings (SSSR count). The van der Waals surface area contributed by atoms with Crippen LogP contribution < -0.4 is 14.8 Å². The van der Waals surface area contributed by atoms with Gasteiger partial charge in [0.1, 0.15) is 17.6 Å². The molecule has 0 fully saturated rings. The van der Waals surface area contributed by atoms with Crippen LogP contribution in [0, 0.1) is 0 Å². The van der Waals surface area contributed by atoms with E-state index >= 15 is 0 Å². The molecule has 3 heteroatoms. The number of hydrogen-bond acceptors (Lipinski definition) is 3. The van der Waals surface area contributed by atoms with Gasteiger partial charge in [0.15, 0.2) is 0 Å². The molecule has 3 nitrogen and oxygen atoms in total. The molecule has 2 aromatic carbocycles. The molecular weight excluding hydrogens is 310 g/mol. The van der Waals surface area contributed by atoms with Crippen molar-refractivity contribution in [2.75, 3.05) is 18.5 Å². The molecule has 1 atom stereocenters. The molecule has 0 radical (unpaired) electrons. The second-order valence-corrected chi connectivity index (χ2v) is 7.46. The Bertz CT molecular complexity index is 627. The lowest BCUT2D eigenvalue weighted by molar-refractivity contribution is 0.234. The summed E-state index contributed by atoms with van der Waals surface area (Å²) in [4.78, 5) is 0. The lowest BCUT2D eigenvalue weighted by Gasteiger charge is -2.20. The summed E-state index contributed by atoms with van der Waals surface area (Å²) in [5.41, 5.74) is 2.55. The summed E-state index contributed by atoms with van der Waals surface area (Å²) in [6.07, 6.45) is 1.10. The third kappa shape index (κ3) is 6.33. The number of ether oxygens (including phenoxy) is 2. The van der Waals surface area contributed by atoms with Gasteiger partial charge in [0, 0.05) is 5.69 Å². The minimum atomic E-state index is 0.0801. The van der Waals surface area contributed by atoms with Gasteiger partial charge in [-0.1, -0.05) is 39.8 Å². The molecule has 0 aliphatic heterocycles. The van der Waals surface area contributed by atoms with E-state index in [9.17, 15) is 0 Å². The first-order valence-corrected chi connectivity index (χ1v) is 9.12. The van der Waals surface area contributed by atoms with Crippen molar-refractivity contribution in [2.45, 2.75) is 52.6 Å². The van der Waals surface area contributed by atoms with Crippen molar-refractivity contribution in [2.24, 2.45) is 0 Å². The maximum absolute atomic E-state index is 5.99. The highest BCUT2D eigenvalue weighted by atomic mass is 16.5. The largest absolute Gasteiger partial charge is 0.494 e. The highest BCUT2D eigenvalue weighted by Crippen LogP contribution is 2.24. The Balaban J connectivity index is 1.81. The van der Waals surface area contributed by atoms with Gasteiger partial charge < -0.3 is 14.8 Å². The molecular formula is C22H31NO2. The van der Waals surface area contributed by atoms with Crippen LogP contribution in [0.25, 0.3) is 0 Å². The van der Waals surface area contributed by atoms with E-state index in [0.29, 0.717) is 0 Å². The van der Waals surface area contributed by atoms with Gasteiger partial charge in [-0.2, -0.15) is 0 Å². The van der Waals surface area contributed by atoms with Gasteiger partial charge in [0.05, 0.1) is 13.2 Å². The Morgan fingerprint density at radius 1 is 0.920 bits per heavy atom. The highest BCUT2D eigenvalue weighted by Gasteiger charge is 2.13. The van der Waals surface area contributed by atoms with Crippen molar-refractivity contribution in [3.63, 3.8) is 0 Å². The molecule has 0 aliphatic rings. The average Bonchev–Trinajstić information content (AvgIpc) is 2.59. The minimum Gasteiger partial charge on any atom is -0.494 e. The van der Waals surface area contributed by atoms with E-state index in [4.69, 9.17) is 9.47 Å². The molecule has 0 heterocycles. The number of nitrogens with one attached hydrogen (secondary N) is 1. The third-order valence-electron chi connectivity index (χ3n) is 3.98. The fourth-order valence-electron chi connectivity index (χ4n) is 2.46. The van der Waals surface area contributed by atoms with E-state index in [1.165, 1.54) is 5.56 Å². The first-order chi connectivity index (χ1) is 11.9. The minimum absolute atomic E-state index is 0.0801. The number of benzene rings is 2. The summed E-state index contributed by atoms with van der Waals surface area (Å²) >= 11 is 0. The smallest absolute Gasteiger partial charge is 0.119 e. The Labute approximate surface area is 152 Å². The molecule has 0 aromatic heterocycles. The van der Waals surface area contributed by atoms with Crippen LogP contribution in [-0.4, -0.2) is 19.3 Å². The van der Waals surface area contributed by atoms with E-state index < -0.39 is 0 Å². The van der Waals surface area contributed by atoms with Crippen molar-refractivity contribution in [3.05, 3.63) is 54.1 Å². The van der Waals surface area contributed by atoms with Gasteiger partial charge in [0.2, 0.25) is 0 Å². The molecule has 0 saturated heterocycles. The molecule has 0 aliphatic carbocycles. The summed E-state index contributed by atoms with van der Waals surface area (Å²) in [6, 6.07) is 16.5. The van der Waals surface area contributed by atoms with Crippen LogP contribution in [0.4, 0.5) is 5.69 Å². The first kappa shape index (κ1) is 19.2. The maximum atomic E-state index is 5.99. The van der Waals surface area contributed by atoms with Crippen LogP contribution in [-0.2, 0) is 5.41 Å². The lowest BCUT2D eigenvalue weighted by atomic mass is 9.87. The first-order valence-electron chi connectivity index (χ1n) is 9.12. The normalized spacial score (nSPS) is 12.5. The van der Waals surface area contributed by atoms with E-state index in [2.05, 4.69) is 64.2 Å². The second kappa shape index (κ2) is 8.80. The quantitative estimate of drug-likeness (QED) is 0.673. The van der Waals surface area contributed by atoms with Gasteiger partial charge in [-0.25, -0.2) is 0 Å². The van der Waals surface area contributed by atoms with E-state index in [1.807, 2.05) is 24.3 Å². The van der Waals surface area contributed by atoms with Crippen molar-refractivity contribution in [1.82, 2.24) is 0 Å². The maximum Gasteiger partial charge on any atom is 0.119 e. The fraction of sp³-hybridized carbons (Fsp3) is 0.455. The van der Waals surface area contributed by atoms with Crippen LogP contribution in [0.2, 0.25) is 0 Å². The van der Waals surface area contributed by atoms with Crippen LogP contribution in [0.1, 0.15) is 46.6 Å². The average molecular weight is 341 g/mol. The van der Waals surface area contributed by atoms with Gasteiger partial charge >= 0.3 is 0 Å².